The Morgan fingerprint density at radius 2 is 1.93 bits per heavy atom. The predicted octanol–water partition coefficient (Wildman–Crippen LogP) is 4.09. The number of carbonyl (C=O) groups excluding carboxylic acids is 2. The number of hydrogen-bond donors (Lipinski definition) is 0. The molecule has 0 spiro atoms. The SMILES string of the molecule is CCOc1ccc([C@@H]2C(C(=O)OC(C)C)=C(C)N=C3SCCC(=O)N32)cc1OCC. The van der Waals surface area contributed by atoms with Crippen molar-refractivity contribution in [3.8, 4) is 11.5 Å². The number of thioether (sulfide) groups is 1. The molecule has 30 heavy (non-hydrogen) atoms. The summed E-state index contributed by atoms with van der Waals surface area (Å²) in [6.45, 7) is 10.2. The van der Waals surface area contributed by atoms with Gasteiger partial charge in [0.1, 0.15) is 0 Å². The predicted molar refractivity (Wildman–Crippen MR) is 117 cm³/mol. The van der Waals surface area contributed by atoms with Gasteiger partial charge in [-0.2, -0.15) is 0 Å². The van der Waals surface area contributed by atoms with E-state index in [2.05, 4.69) is 4.99 Å². The van der Waals surface area contributed by atoms with Crippen LogP contribution in [0.5, 0.6) is 11.5 Å². The second-order valence-corrected chi connectivity index (χ2v) is 8.25. The third kappa shape index (κ3) is 4.48. The van der Waals surface area contributed by atoms with Crippen LogP contribution in [0.2, 0.25) is 0 Å². The second kappa shape index (κ2) is 9.55. The quantitative estimate of drug-likeness (QED) is 0.604. The van der Waals surface area contributed by atoms with Crippen molar-refractivity contribution in [1.29, 1.82) is 0 Å². The largest absolute Gasteiger partial charge is 0.490 e. The lowest BCUT2D eigenvalue weighted by molar-refractivity contribution is -0.143. The number of esters is 1. The van der Waals surface area contributed by atoms with E-state index in [1.807, 2.05) is 32.0 Å². The van der Waals surface area contributed by atoms with Gasteiger partial charge in [-0.05, 0) is 52.3 Å². The van der Waals surface area contributed by atoms with Crippen LogP contribution in [0.25, 0.3) is 0 Å². The number of aliphatic imine (C=N–C) groups is 1. The van der Waals surface area contributed by atoms with Crippen LogP contribution in [-0.4, -0.2) is 47.0 Å². The Kier molecular flexibility index (Phi) is 7.07. The van der Waals surface area contributed by atoms with Gasteiger partial charge in [-0.15, -0.1) is 0 Å². The average molecular weight is 433 g/mol. The summed E-state index contributed by atoms with van der Waals surface area (Å²) in [6.07, 6.45) is 0.107. The first kappa shape index (κ1) is 22.2. The van der Waals surface area contributed by atoms with Crippen LogP contribution in [0.15, 0.2) is 34.5 Å². The van der Waals surface area contributed by atoms with Crippen molar-refractivity contribution >= 4 is 28.8 Å². The molecule has 0 saturated carbocycles. The zero-order valence-electron chi connectivity index (χ0n) is 18.1. The minimum absolute atomic E-state index is 0.0632. The van der Waals surface area contributed by atoms with Gasteiger partial charge in [-0.1, -0.05) is 17.8 Å². The molecule has 0 N–H and O–H groups in total. The summed E-state index contributed by atoms with van der Waals surface area (Å²) in [4.78, 5) is 32.1. The molecule has 0 bridgehead atoms. The fourth-order valence-corrected chi connectivity index (χ4v) is 4.49. The molecule has 2 aliphatic rings. The second-order valence-electron chi connectivity index (χ2n) is 7.18. The van der Waals surface area contributed by atoms with E-state index in [0.29, 0.717) is 53.3 Å². The first-order valence-electron chi connectivity index (χ1n) is 10.2. The minimum Gasteiger partial charge on any atom is -0.490 e. The van der Waals surface area contributed by atoms with E-state index in [0.717, 1.165) is 5.56 Å². The van der Waals surface area contributed by atoms with Crippen LogP contribution in [0.1, 0.15) is 52.6 Å². The van der Waals surface area contributed by atoms with E-state index < -0.39 is 12.0 Å². The van der Waals surface area contributed by atoms with Crippen molar-refractivity contribution in [3.63, 3.8) is 0 Å². The number of benzene rings is 1. The number of amides is 1. The van der Waals surface area contributed by atoms with E-state index in [9.17, 15) is 9.59 Å². The molecule has 0 unspecified atom stereocenters. The molecule has 2 aliphatic heterocycles. The molecule has 0 aliphatic carbocycles. The highest BCUT2D eigenvalue weighted by Gasteiger charge is 2.42. The molecule has 0 radical (unpaired) electrons. The molecule has 162 valence electrons. The maximum absolute atomic E-state index is 13.0. The number of fused-ring (bicyclic) bond motifs is 1. The fraction of sp³-hybridized carbons (Fsp3) is 0.500. The minimum atomic E-state index is -0.626. The zero-order chi connectivity index (χ0) is 21.8. The molecule has 1 atom stereocenters. The third-order valence-electron chi connectivity index (χ3n) is 4.65. The monoisotopic (exact) mass is 432 g/mol. The first-order chi connectivity index (χ1) is 14.4. The lowest BCUT2D eigenvalue weighted by Gasteiger charge is -2.39. The van der Waals surface area contributed by atoms with E-state index in [-0.39, 0.29) is 12.0 Å². The third-order valence-corrected chi connectivity index (χ3v) is 5.61. The van der Waals surface area contributed by atoms with Gasteiger partial charge in [0.05, 0.1) is 36.6 Å². The summed E-state index contributed by atoms with van der Waals surface area (Å²) in [5.41, 5.74) is 1.68. The molecule has 7 nitrogen and oxygen atoms in total. The van der Waals surface area contributed by atoms with Crippen molar-refractivity contribution in [1.82, 2.24) is 4.90 Å². The molecule has 2 heterocycles. The van der Waals surface area contributed by atoms with Gasteiger partial charge in [0.15, 0.2) is 16.7 Å². The van der Waals surface area contributed by atoms with E-state index in [1.54, 1.807) is 25.7 Å². The van der Waals surface area contributed by atoms with Gasteiger partial charge in [-0.25, -0.2) is 9.79 Å². The van der Waals surface area contributed by atoms with Crippen LogP contribution in [0.3, 0.4) is 0 Å². The highest BCUT2D eigenvalue weighted by Crippen LogP contribution is 2.42. The molecule has 1 amide bonds. The molecule has 1 aromatic carbocycles. The molecular weight excluding hydrogens is 404 g/mol. The molecular formula is C22H28N2O5S. The molecule has 8 heteroatoms. The zero-order valence-corrected chi connectivity index (χ0v) is 18.9. The van der Waals surface area contributed by atoms with Gasteiger partial charge in [0.25, 0.3) is 0 Å². The standard InChI is InChI=1S/C22H28N2O5S/c1-6-27-16-9-8-15(12-17(16)28-7-2)20-19(21(26)29-13(3)4)14(5)23-22-24(20)18(25)10-11-30-22/h8-9,12-13,20H,6-7,10-11H2,1-5H3/t20-/m1/s1. The van der Waals surface area contributed by atoms with Gasteiger partial charge < -0.3 is 14.2 Å². The molecule has 1 fully saturated rings. The van der Waals surface area contributed by atoms with Crippen LogP contribution < -0.4 is 9.47 Å². The molecule has 0 aromatic heterocycles. The Hall–Kier alpha value is -2.48. The fourth-order valence-electron chi connectivity index (χ4n) is 3.49. The number of hydrogen-bond acceptors (Lipinski definition) is 7. The number of amidine groups is 1. The average Bonchev–Trinajstić information content (AvgIpc) is 2.68. The topological polar surface area (TPSA) is 77.4 Å². The van der Waals surface area contributed by atoms with E-state index in [4.69, 9.17) is 14.2 Å². The highest BCUT2D eigenvalue weighted by atomic mass is 32.2. The Morgan fingerprint density at radius 3 is 2.60 bits per heavy atom. The number of ether oxygens (including phenoxy) is 3. The Labute approximate surface area is 181 Å². The summed E-state index contributed by atoms with van der Waals surface area (Å²) in [5.74, 6) is 1.34. The summed E-state index contributed by atoms with van der Waals surface area (Å²) >= 11 is 1.52. The van der Waals surface area contributed by atoms with Crippen LogP contribution in [-0.2, 0) is 14.3 Å². The molecule has 1 saturated heterocycles. The molecule has 1 aromatic rings. The lowest BCUT2D eigenvalue weighted by Crippen LogP contribution is -2.46. The number of carbonyl (C=O) groups is 2. The normalized spacial score (nSPS) is 18.9. The van der Waals surface area contributed by atoms with E-state index >= 15 is 0 Å². The van der Waals surface area contributed by atoms with Gasteiger partial charge in [0.2, 0.25) is 5.91 Å². The van der Waals surface area contributed by atoms with E-state index in [1.165, 1.54) is 11.8 Å². The summed E-state index contributed by atoms with van der Waals surface area (Å²) in [5, 5.41) is 0.613. The van der Waals surface area contributed by atoms with Gasteiger partial charge in [0, 0.05) is 12.2 Å². The van der Waals surface area contributed by atoms with Crippen molar-refractivity contribution < 1.29 is 23.8 Å². The van der Waals surface area contributed by atoms with Crippen molar-refractivity contribution in [2.24, 2.45) is 4.99 Å². The lowest BCUT2D eigenvalue weighted by atomic mass is 9.93. The smallest absolute Gasteiger partial charge is 0.338 e. The summed E-state index contributed by atoms with van der Waals surface area (Å²) in [6, 6.07) is 4.89. The Bertz CT molecular complexity index is 894. The summed E-state index contributed by atoms with van der Waals surface area (Å²) < 4.78 is 16.9. The van der Waals surface area contributed by atoms with Crippen molar-refractivity contribution in [2.75, 3.05) is 19.0 Å². The maximum Gasteiger partial charge on any atom is 0.338 e. The van der Waals surface area contributed by atoms with Crippen LogP contribution in [0, 0.1) is 0 Å². The summed E-state index contributed by atoms with van der Waals surface area (Å²) in [7, 11) is 0. The van der Waals surface area contributed by atoms with Crippen LogP contribution in [0.4, 0.5) is 0 Å². The van der Waals surface area contributed by atoms with Crippen molar-refractivity contribution in [2.45, 2.75) is 53.2 Å². The number of nitrogens with zero attached hydrogens (tertiary/aromatic N) is 2. The van der Waals surface area contributed by atoms with Crippen molar-refractivity contribution in [3.05, 3.63) is 35.0 Å². The van der Waals surface area contributed by atoms with Crippen LogP contribution >= 0.6 is 11.8 Å². The molecule has 3 rings (SSSR count). The highest BCUT2D eigenvalue weighted by molar-refractivity contribution is 8.14. The number of allylic oxidation sites excluding steroid dienone is 1. The number of rotatable bonds is 7. The maximum atomic E-state index is 13.0. The Morgan fingerprint density at radius 1 is 1.23 bits per heavy atom. The van der Waals surface area contributed by atoms with Gasteiger partial charge >= 0.3 is 5.97 Å². The van der Waals surface area contributed by atoms with Gasteiger partial charge in [-0.3, -0.25) is 9.69 Å². The Balaban J connectivity index is 2.14. The first-order valence-corrected chi connectivity index (χ1v) is 11.2.